The zero-order valence-electron chi connectivity index (χ0n) is 5.74. The molecule has 0 atom stereocenters. The number of hydrogen-bond donors (Lipinski definition) is 0. The van der Waals surface area contributed by atoms with Gasteiger partial charge in [-0.2, -0.15) is 4.39 Å². The molecule has 1 heterocycles. The van der Waals surface area contributed by atoms with Gasteiger partial charge in [0.25, 0.3) is 5.69 Å². The van der Waals surface area contributed by atoms with Gasteiger partial charge in [0.1, 0.15) is 0 Å². The lowest BCUT2D eigenvalue weighted by molar-refractivity contribution is -0.385. The van der Waals surface area contributed by atoms with Crippen molar-refractivity contribution in [3.63, 3.8) is 0 Å². The summed E-state index contributed by atoms with van der Waals surface area (Å²) < 4.78 is 12.3. The van der Waals surface area contributed by atoms with E-state index >= 15 is 0 Å². The highest BCUT2D eigenvalue weighted by Gasteiger charge is 2.11. The van der Waals surface area contributed by atoms with Crippen molar-refractivity contribution in [2.75, 3.05) is 0 Å². The Morgan fingerprint density at radius 2 is 2.36 bits per heavy atom. The number of aryl methyl sites for hydroxylation is 1. The number of aromatic nitrogens is 1. The summed E-state index contributed by atoms with van der Waals surface area (Å²) in [6, 6.07) is 0.801. The van der Waals surface area contributed by atoms with Gasteiger partial charge in [0.15, 0.2) is 0 Å². The van der Waals surface area contributed by atoms with E-state index in [-0.39, 0.29) is 5.69 Å². The second-order valence-corrected chi connectivity index (χ2v) is 2.05. The third-order valence-electron chi connectivity index (χ3n) is 1.24. The van der Waals surface area contributed by atoms with Crippen LogP contribution < -0.4 is 0 Å². The van der Waals surface area contributed by atoms with Crippen molar-refractivity contribution in [1.82, 2.24) is 4.98 Å². The number of nitro groups is 1. The summed E-state index contributed by atoms with van der Waals surface area (Å²) in [5.41, 5.74) is 0.119. The maximum Gasteiger partial charge on any atom is 0.278 e. The van der Waals surface area contributed by atoms with Gasteiger partial charge in [-0.3, -0.25) is 10.1 Å². The second kappa shape index (κ2) is 2.61. The van der Waals surface area contributed by atoms with E-state index in [1.807, 2.05) is 0 Å². The van der Waals surface area contributed by atoms with Crippen molar-refractivity contribution in [2.24, 2.45) is 0 Å². The van der Waals surface area contributed by atoms with Crippen molar-refractivity contribution < 1.29 is 9.31 Å². The molecule has 0 aliphatic carbocycles. The minimum atomic E-state index is -0.831. The second-order valence-electron chi connectivity index (χ2n) is 2.05. The van der Waals surface area contributed by atoms with E-state index in [1.165, 1.54) is 6.92 Å². The fourth-order valence-electron chi connectivity index (χ4n) is 0.685. The molecule has 0 aromatic carbocycles. The minimum absolute atomic E-state index is 0.238. The summed E-state index contributed by atoms with van der Waals surface area (Å²) in [6.45, 7) is 1.50. The van der Waals surface area contributed by atoms with E-state index in [1.54, 1.807) is 0 Å². The van der Waals surface area contributed by atoms with Crippen molar-refractivity contribution in [3.05, 3.63) is 33.9 Å². The van der Waals surface area contributed by atoms with Crippen LogP contribution in [-0.4, -0.2) is 9.91 Å². The first-order valence-corrected chi connectivity index (χ1v) is 2.88. The quantitative estimate of drug-likeness (QED) is 0.351. The molecule has 11 heavy (non-hydrogen) atoms. The summed E-state index contributed by atoms with van der Waals surface area (Å²) >= 11 is 0. The molecule has 0 spiro atoms. The molecular weight excluding hydrogens is 151 g/mol. The monoisotopic (exact) mass is 156 g/mol. The Morgan fingerprint density at radius 3 is 2.82 bits per heavy atom. The van der Waals surface area contributed by atoms with E-state index in [9.17, 15) is 14.5 Å². The van der Waals surface area contributed by atoms with Crippen LogP contribution in [0.4, 0.5) is 10.1 Å². The molecule has 1 rings (SSSR count). The van der Waals surface area contributed by atoms with Gasteiger partial charge in [0.2, 0.25) is 5.95 Å². The zero-order valence-corrected chi connectivity index (χ0v) is 5.74. The highest BCUT2D eigenvalue weighted by atomic mass is 19.1. The van der Waals surface area contributed by atoms with E-state index in [0.717, 1.165) is 12.3 Å². The first-order valence-electron chi connectivity index (χ1n) is 2.88. The molecule has 0 N–H and O–H groups in total. The van der Waals surface area contributed by atoms with E-state index in [0.29, 0.717) is 5.56 Å². The highest BCUT2D eigenvalue weighted by Crippen LogP contribution is 2.15. The summed E-state index contributed by atoms with van der Waals surface area (Å²) in [4.78, 5) is 12.8. The molecule has 0 aliphatic heterocycles. The summed E-state index contributed by atoms with van der Waals surface area (Å²) in [7, 11) is 0. The Labute approximate surface area is 61.8 Å². The predicted molar refractivity (Wildman–Crippen MR) is 35.6 cm³/mol. The lowest BCUT2D eigenvalue weighted by atomic mass is 10.3. The molecule has 0 saturated carbocycles. The average Bonchev–Trinajstić information content (AvgIpc) is 1.94. The largest absolute Gasteiger partial charge is 0.278 e. The van der Waals surface area contributed by atoms with Crippen LogP contribution >= 0.6 is 0 Å². The van der Waals surface area contributed by atoms with Gasteiger partial charge in [0, 0.05) is 11.8 Å². The Bertz CT molecular complexity index is 301. The normalized spacial score (nSPS) is 9.64. The Hall–Kier alpha value is -1.52. The van der Waals surface area contributed by atoms with Crippen LogP contribution in [-0.2, 0) is 0 Å². The summed E-state index contributed by atoms with van der Waals surface area (Å²) in [5.74, 6) is -0.831. The van der Waals surface area contributed by atoms with Crippen molar-refractivity contribution in [1.29, 1.82) is 0 Å². The Morgan fingerprint density at radius 1 is 1.73 bits per heavy atom. The number of rotatable bonds is 1. The van der Waals surface area contributed by atoms with Gasteiger partial charge in [0.05, 0.1) is 11.0 Å². The molecule has 0 fully saturated rings. The lowest BCUT2D eigenvalue weighted by Gasteiger charge is -1.93. The van der Waals surface area contributed by atoms with Crippen LogP contribution in [0.15, 0.2) is 12.3 Å². The molecule has 0 aliphatic rings. The topological polar surface area (TPSA) is 56.0 Å². The third-order valence-corrected chi connectivity index (χ3v) is 1.24. The van der Waals surface area contributed by atoms with Crippen LogP contribution in [0.3, 0.4) is 0 Å². The lowest BCUT2D eigenvalue weighted by Crippen LogP contribution is -1.94. The predicted octanol–water partition coefficient (Wildman–Crippen LogP) is 1.44. The molecular formula is C6H5FN2O2. The van der Waals surface area contributed by atoms with E-state index < -0.39 is 10.9 Å². The number of pyridine rings is 1. The molecule has 0 bridgehead atoms. The van der Waals surface area contributed by atoms with Crippen LogP contribution in [0.2, 0.25) is 0 Å². The van der Waals surface area contributed by atoms with Gasteiger partial charge in [-0.15, -0.1) is 0 Å². The van der Waals surface area contributed by atoms with Crippen LogP contribution in [0.25, 0.3) is 0 Å². The number of nitrogens with zero attached hydrogens (tertiary/aromatic N) is 2. The fraction of sp³-hybridized carbons (Fsp3) is 0.167. The van der Waals surface area contributed by atoms with E-state index in [4.69, 9.17) is 0 Å². The molecule has 0 unspecified atom stereocenters. The zero-order chi connectivity index (χ0) is 8.43. The maximum absolute atomic E-state index is 12.3. The number of halogens is 1. The molecule has 0 saturated heterocycles. The molecule has 5 heteroatoms. The SMILES string of the molecule is Cc1cnc(F)cc1[N+](=O)[O-]. The third kappa shape index (κ3) is 1.49. The van der Waals surface area contributed by atoms with Crippen molar-refractivity contribution in [3.8, 4) is 0 Å². The summed E-state index contributed by atoms with van der Waals surface area (Å²) in [5, 5.41) is 10.2. The molecule has 1 aromatic heterocycles. The van der Waals surface area contributed by atoms with Gasteiger partial charge < -0.3 is 0 Å². The first kappa shape index (κ1) is 7.59. The van der Waals surface area contributed by atoms with Crippen LogP contribution in [0.5, 0.6) is 0 Å². The van der Waals surface area contributed by atoms with Crippen LogP contribution in [0.1, 0.15) is 5.56 Å². The molecule has 1 aromatic rings. The fourth-order valence-corrected chi connectivity index (χ4v) is 0.685. The Balaban J connectivity index is 3.23. The van der Waals surface area contributed by atoms with E-state index in [2.05, 4.69) is 4.98 Å². The van der Waals surface area contributed by atoms with Gasteiger partial charge in [-0.1, -0.05) is 0 Å². The molecule has 4 nitrogen and oxygen atoms in total. The standard InChI is InChI=1S/C6H5FN2O2/c1-4-3-8-6(7)2-5(4)9(10)11/h2-3H,1H3. The minimum Gasteiger partial charge on any atom is -0.258 e. The van der Waals surface area contributed by atoms with Gasteiger partial charge in [-0.05, 0) is 6.92 Å². The van der Waals surface area contributed by atoms with Crippen LogP contribution in [0, 0.1) is 23.0 Å². The molecule has 0 radical (unpaired) electrons. The van der Waals surface area contributed by atoms with Crippen molar-refractivity contribution >= 4 is 5.69 Å². The molecule has 58 valence electrons. The van der Waals surface area contributed by atoms with Gasteiger partial charge in [-0.25, -0.2) is 4.98 Å². The molecule has 0 amide bonds. The smallest absolute Gasteiger partial charge is 0.258 e. The first-order chi connectivity index (χ1) is 5.11. The summed E-state index contributed by atoms with van der Waals surface area (Å²) in [6.07, 6.45) is 1.13. The Kier molecular flexibility index (Phi) is 1.80. The van der Waals surface area contributed by atoms with Gasteiger partial charge >= 0.3 is 0 Å². The maximum atomic E-state index is 12.3. The van der Waals surface area contributed by atoms with Crippen molar-refractivity contribution in [2.45, 2.75) is 6.92 Å². The number of hydrogen-bond acceptors (Lipinski definition) is 3. The average molecular weight is 156 g/mol. The highest BCUT2D eigenvalue weighted by molar-refractivity contribution is 5.35.